The van der Waals surface area contributed by atoms with Crippen LogP contribution in [0.5, 0.6) is 5.75 Å². The molecule has 0 fully saturated rings. The van der Waals surface area contributed by atoms with E-state index in [0.717, 1.165) is 16.8 Å². The second-order valence-corrected chi connectivity index (χ2v) is 8.08. The molecule has 0 spiro atoms. The topological polar surface area (TPSA) is 82.6 Å². The lowest BCUT2D eigenvalue weighted by atomic mass is 9.72. The average Bonchev–Trinajstić information content (AvgIpc) is 2.78. The Labute approximate surface area is 182 Å². The van der Waals surface area contributed by atoms with Crippen molar-refractivity contribution in [2.24, 2.45) is 5.73 Å². The van der Waals surface area contributed by atoms with Gasteiger partial charge in [-0.05, 0) is 35.6 Å². The second kappa shape index (κ2) is 8.29. The Morgan fingerprint density at radius 3 is 2.45 bits per heavy atom. The maximum atomic E-state index is 13.6. The van der Waals surface area contributed by atoms with Crippen molar-refractivity contribution in [3.8, 4) is 11.8 Å². The summed E-state index contributed by atoms with van der Waals surface area (Å²) >= 11 is 0. The van der Waals surface area contributed by atoms with Gasteiger partial charge in [-0.2, -0.15) is 5.26 Å². The number of ether oxygens (including phenoxy) is 1. The molecule has 6 nitrogen and oxygen atoms in total. The van der Waals surface area contributed by atoms with Gasteiger partial charge in [0.05, 0.1) is 24.7 Å². The van der Waals surface area contributed by atoms with Crippen LogP contribution < -0.4 is 10.5 Å². The number of hydrogen-bond donors (Lipinski definition) is 1. The Kier molecular flexibility index (Phi) is 5.53. The van der Waals surface area contributed by atoms with Crippen molar-refractivity contribution >= 4 is 5.78 Å². The van der Waals surface area contributed by atoms with E-state index in [9.17, 15) is 10.1 Å². The Morgan fingerprint density at radius 2 is 1.81 bits per heavy atom. The van der Waals surface area contributed by atoms with Gasteiger partial charge in [-0.15, -0.1) is 0 Å². The van der Waals surface area contributed by atoms with Gasteiger partial charge in [-0.3, -0.25) is 9.80 Å². The van der Waals surface area contributed by atoms with E-state index in [0.29, 0.717) is 35.6 Å². The first kappa shape index (κ1) is 20.7. The number of allylic oxidation sites excluding steroid dienone is 3. The van der Waals surface area contributed by atoms with E-state index >= 15 is 0 Å². The van der Waals surface area contributed by atoms with Gasteiger partial charge < -0.3 is 10.5 Å². The molecule has 2 aliphatic rings. The van der Waals surface area contributed by atoms with Gasteiger partial charge in [0.25, 0.3) is 0 Å². The number of ketones is 1. The highest BCUT2D eigenvalue weighted by atomic mass is 16.5. The SMILES string of the molecule is COc1cccc([C@@H]2C(C#N)=C(N)N(N(C)C)C3=C2C(=O)C[C@@H](c2ccccc2)C3)c1. The van der Waals surface area contributed by atoms with Gasteiger partial charge in [-0.1, -0.05) is 42.5 Å². The Hall–Kier alpha value is -3.56. The number of nitrogens with zero attached hydrogens (tertiary/aromatic N) is 3. The number of rotatable bonds is 4. The van der Waals surface area contributed by atoms with Crippen LogP contribution in [0.15, 0.2) is 77.3 Å². The second-order valence-electron chi connectivity index (χ2n) is 8.08. The summed E-state index contributed by atoms with van der Waals surface area (Å²) in [6, 6.07) is 19.9. The molecule has 2 aromatic carbocycles. The van der Waals surface area contributed by atoms with E-state index in [-0.39, 0.29) is 11.7 Å². The third-order valence-corrected chi connectivity index (χ3v) is 6.04. The maximum Gasteiger partial charge on any atom is 0.162 e. The zero-order chi connectivity index (χ0) is 22.1. The number of benzene rings is 2. The van der Waals surface area contributed by atoms with Crippen molar-refractivity contribution in [3.63, 3.8) is 0 Å². The molecule has 4 rings (SSSR count). The summed E-state index contributed by atoms with van der Waals surface area (Å²) in [7, 11) is 5.34. The van der Waals surface area contributed by atoms with Gasteiger partial charge in [0, 0.05) is 31.8 Å². The lowest BCUT2D eigenvalue weighted by Gasteiger charge is -2.43. The molecular formula is C25H26N4O2. The van der Waals surface area contributed by atoms with E-state index in [1.165, 1.54) is 0 Å². The van der Waals surface area contributed by atoms with Crippen LogP contribution in [0, 0.1) is 11.3 Å². The molecule has 1 aliphatic carbocycles. The van der Waals surface area contributed by atoms with Crippen LogP contribution in [-0.4, -0.2) is 37.0 Å². The molecule has 6 heteroatoms. The van der Waals surface area contributed by atoms with E-state index < -0.39 is 5.92 Å². The van der Waals surface area contributed by atoms with Crippen LogP contribution in [0.25, 0.3) is 0 Å². The van der Waals surface area contributed by atoms with Gasteiger partial charge in [0.15, 0.2) is 5.78 Å². The maximum absolute atomic E-state index is 13.6. The number of carbonyl (C=O) groups is 1. The van der Waals surface area contributed by atoms with Crippen molar-refractivity contribution in [2.75, 3.05) is 21.2 Å². The number of methoxy groups -OCH3 is 1. The Bertz CT molecular complexity index is 1110. The number of carbonyl (C=O) groups excluding carboxylic acids is 1. The third kappa shape index (κ3) is 3.58. The summed E-state index contributed by atoms with van der Waals surface area (Å²) in [5.41, 5.74) is 10.4. The molecule has 0 saturated heterocycles. The predicted molar refractivity (Wildman–Crippen MR) is 119 cm³/mol. The summed E-state index contributed by atoms with van der Waals surface area (Å²) in [4.78, 5) is 13.6. The molecule has 31 heavy (non-hydrogen) atoms. The smallest absolute Gasteiger partial charge is 0.162 e. The zero-order valence-corrected chi connectivity index (χ0v) is 18.0. The van der Waals surface area contributed by atoms with Crippen molar-refractivity contribution in [3.05, 3.63) is 88.4 Å². The quantitative estimate of drug-likeness (QED) is 0.822. The van der Waals surface area contributed by atoms with Crippen molar-refractivity contribution < 1.29 is 9.53 Å². The van der Waals surface area contributed by atoms with E-state index in [4.69, 9.17) is 10.5 Å². The number of hydrazine groups is 1. The fraction of sp³-hybridized carbons (Fsp3) is 0.280. The van der Waals surface area contributed by atoms with Gasteiger partial charge >= 0.3 is 0 Å². The normalized spacial score (nSPS) is 21.3. The molecule has 2 aromatic rings. The highest BCUT2D eigenvalue weighted by Gasteiger charge is 2.43. The van der Waals surface area contributed by atoms with Crippen LogP contribution in [0.1, 0.15) is 35.8 Å². The van der Waals surface area contributed by atoms with E-state index in [1.807, 2.05) is 66.6 Å². The molecule has 0 bridgehead atoms. The minimum Gasteiger partial charge on any atom is -0.497 e. The van der Waals surface area contributed by atoms with Crippen LogP contribution in [0.4, 0.5) is 0 Å². The summed E-state index contributed by atoms with van der Waals surface area (Å²) in [5, 5.41) is 13.7. The summed E-state index contributed by atoms with van der Waals surface area (Å²) in [6.07, 6.45) is 1.08. The Balaban J connectivity index is 1.90. The van der Waals surface area contributed by atoms with E-state index in [1.54, 1.807) is 7.11 Å². The van der Waals surface area contributed by atoms with Crippen LogP contribution in [-0.2, 0) is 4.79 Å². The van der Waals surface area contributed by atoms with Crippen molar-refractivity contribution in [1.82, 2.24) is 10.0 Å². The fourth-order valence-corrected chi connectivity index (χ4v) is 4.68. The van der Waals surface area contributed by atoms with Gasteiger partial charge in [0.1, 0.15) is 11.6 Å². The number of nitrogens with two attached hydrogens (primary N) is 1. The van der Waals surface area contributed by atoms with E-state index in [2.05, 4.69) is 18.2 Å². The number of Topliss-reactive ketones (excluding diaryl/α,β-unsaturated/α-hetero) is 1. The zero-order valence-electron chi connectivity index (χ0n) is 18.0. The van der Waals surface area contributed by atoms with Crippen molar-refractivity contribution in [2.45, 2.75) is 24.7 Å². The first-order valence-electron chi connectivity index (χ1n) is 10.3. The van der Waals surface area contributed by atoms with Crippen LogP contribution in [0.3, 0.4) is 0 Å². The first-order valence-corrected chi connectivity index (χ1v) is 10.3. The molecule has 0 aromatic heterocycles. The molecule has 158 valence electrons. The molecule has 2 atom stereocenters. The molecule has 0 amide bonds. The molecule has 2 N–H and O–H groups in total. The van der Waals surface area contributed by atoms with Crippen LogP contribution >= 0.6 is 0 Å². The molecular weight excluding hydrogens is 388 g/mol. The summed E-state index contributed by atoms with van der Waals surface area (Å²) < 4.78 is 5.39. The minimum absolute atomic E-state index is 0.0509. The molecule has 1 heterocycles. The largest absolute Gasteiger partial charge is 0.497 e. The monoisotopic (exact) mass is 414 g/mol. The standard InChI is InChI=1S/C25H26N4O2/c1-28(2)29-21-13-18(16-8-5-4-6-9-16)14-22(30)24(21)23(20(15-26)25(29)27)17-10-7-11-19(12-17)31-3/h4-12,18,23H,13-14,27H2,1-3H3/t18-,23+/m0/s1. The van der Waals surface area contributed by atoms with Gasteiger partial charge in [-0.25, -0.2) is 5.01 Å². The molecule has 1 aliphatic heterocycles. The molecule has 0 saturated carbocycles. The lowest BCUT2D eigenvalue weighted by molar-refractivity contribution is -0.117. The molecule has 0 radical (unpaired) electrons. The minimum atomic E-state index is -0.504. The fourth-order valence-electron chi connectivity index (χ4n) is 4.68. The van der Waals surface area contributed by atoms with Crippen molar-refractivity contribution in [1.29, 1.82) is 5.26 Å². The summed E-state index contributed by atoms with van der Waals surface area (Å²) in [5.74, 6) is 0.652. The lowest BCUT2D eigenvalue weighted by Crippen LogP contribution is -2.46. The highest BCUT2D eigenvalue weighted by Crippen LogP contribution is 2.48. The molecule has 0 unspecified atom stereocenters. The van der Waals surface area contributed by atoms with Crippen LogP contribution in [0.2, 0.25) is 0 Å². The average molecular weight is 415 g/mol. The third-order valence-electron chi connectivity index (χ3n) is 6.04. The highest BCUT2D eigenvalue weighted by molar-refractivity contribution is 6.00. The van der Waals surface area contributed by atoms with Gasteiger partial charge in [0.2, 0.25) is 0 Å². The summed E-state index contributed by atoms with van der Waals surface area (Å²) in [6.45, 7) is 0. The number of hydrogen-bond acceptors (Lipinski definition) is 6. The number of nitriles is 1. The Morgan fingerprint density at radius 1 is 1.10 bits per heavy atom. The first-order chi connectivity index (χ1) is 15.0. The predicted octanol–water partition coefficient (Wildman–Crippen LogP) is 3.67.